The molecular weight excluding hydrogens is 222 g/mol. The zero-order valence-corrected chi connectivity index (χ0v) is 9.92. The molecule has 0 radical (unpaired) electrons. The van der Waals surface area contributed by atoms with Crippen molar-refractivity contribution in [2.75, 3.05) is 13.7 Å². The lowest BCUT2D eigenvalue weighted by atomic mass is 10.1. The molecule has 0 heterocycles. The van der Waals surface area contributed by atoms with Crippen LogP contribution in [0.4, 0.5) is 0 Å². The van der Waals surface area contributed by atoms with Crippen molar-refractivity contribution in [3.05, 3.63) is 28.8 Å². The van der Waals surface area contributed by atoms with E-state index < -0.39 is 0 Å². The van der Waals surface area contributed by atoms with Crippen molar-refractivity contribution in [1.29, 1.82) is 0 Å². The Morgan fingerprint density at radius 3 is 3.06 bits per heavy atom. The summed E-state index contributed by atoms with van der Waals surface area (Å²) in [5.74, 6) is 3.82. The largest absolute Gasteiger partial charge is 0.481 e. The van der Waals surface area contributed by atoms with Gasteiger partial charge >= 0.3 is 0 Å². The maximum absolute atomic E-state index is 6.00. The minimum Gasteiger partial charge on any atom is -0.481 e. The van der Waals surface area contributed by atoms with Crippen molar-refractivity contribution in [2.45, 2.75) is 18.4 Å². The average molecular weight is 236 g/mol. The van der Waals surface area contributed by atoms with E-state index in [9.17, 15) is 0 Å². The first-order valence-corrected chi connectivity index (χ1v) is 5.67. The van der Waals surface area contributed by atoms with Crippen LogP contribution in [0.5, 0.6) is 5.75 Å². The second-order valence-electron chi connectivity index (χ2n) is 3.91. The van der Waals surface area contributed by atoms with Crippen LogP contribution in [0.15, 0.2) is 18.2 Å². The van der Waals surface area contributed by atoms with Gasteiger partial charge in [0.05, 0.1) is 0 Å². The predicted octanol–water partition coefficient (Wildman–Crippen LogP) is 2.43. The molecule has 84 valence electrons. The van der Waals surface area contributed by atoms with Crippen LogP contribution in [-0.2, 0) is 0 Å². The van der Waals surface area contributed by atoms with Crippen molar-refractivity contribution in [1.82, 2.24) is 5.32 Å². The number of nitrogens with one attached hydrogen (secondary N) is 1. The summed E-state index contributed by atoms with van der Waals surface area (Å²) in [6.07, 6.45) is 6.32. The molecule has 0 saturated heterocycles. The molecule has 1 saturated carbocycles. The lowest BCUT2D eigenvalue weighted by molar-refractivity contribution is 0.366. The highest BCUT2D eigenvalue weighted by Crippen LogP contribution is 2.45. The summed E-state index contributed by atoms with van der Waals surface area (Å²) < 4.78 is 5.51. The van der Waals surface area contributed by atoms with E-state index in [1.807, 2.05) is 25.2 Å². The third kappa shape index (κ3) is 2.32. The number of rotatable bonds is 4. The summed E-state index contributed by atoms with van der Waals surface area (Å²) in [4.78, 5) is 0. The molecule has 0 spiro atoms. The van der Waals surface area contributed by atoms with Crippen LogP contribution in [0.25, 0.3) is 0 Å². The topological polar surface area (TPSA) is 21.3 Å². The van der Waals surface area contributed by atoms with Gasteiger partial charge in [0.1, 0.15) is 12.4 Å². The van der Waals surface area contributed by atoms with Crippen LogP contribution in [0.3, 0.4) is 0 Å². The van der Waals surface area contributed by atoms with Gasteiger partial charge in [-0.15, -0.1) is 6.42 Å². The van der Waals surface area contributed by atoms with E-state index in [0.29, 0.717) is 18.6 Å². The molecule has 1 aliphatic rings. The Labute approximate surface area is 101 Å². The van der Waals surface area contributed by atoms with Crippen LogP contribution in [-0.4, -0.2) is 19.7 Å². The number of benzene rings is 1. The minimum atomic E-state index is 0.297. The molecule has 16 heavy (non-hydrogen) atoms. The highest BCUT2D eigenvalue weighted by Gasteiger charge is 2.38. The van der Waals surface area contributed by atoms with Gasteiger partial charge in [-0.1, -0.05) is 17.5 Å². The number of hydrogen-bond donors (Lipinski definition) is 1. The molecule has 3 heteroatoms. The van der Waals surface area contributed by atoms with Crippen LogP contribution in [0.2, 0.25) is 5.02 Å². The van der Waals surface area contributed by atoms with Crippen LogP contribution in [0.1, 0.15) is 17.9 Å². The quantitative estimate of drug-likeness (QED) is 0.810. The summed E-state index contributed by atoms with van der Waals surface area (Å²) in [6.45, 7) is 0.297. The standard InChI is InChI=1S/C13H14ClNO/c1-3-6-16-13-5-4-9(14)7-11(13)10-8-12(10)15-2/h1,4-5,7,10,12,15H,6,8H2,2H3. The van der Waals surface area contributed by atoms with Crippen molar-refractivity contribution in [3.8, 4) is 18.1 Å². The molecule has 0 amide bonds. The lowest BCUT2D eigenvalue weighted by Crippen LogP contribution is -2.10. The van der Waals surface area contributed by atoms with Crippen LogP contribution in [0, 0.1) is 12.3 Å². The second kappa shape index (κ2) is 4.78. The van der Waals surface area contributed by atoms with Gasteiger partial charge in [-0.3, -0.25) is 0 Å². The van der Waals surface area contributed by atoms with E-state index in [4.69, 9.17) is 22.8 Å². The van der Waals surface area contributed by atoms with Crippen molar-refractivity contribution >= 4 is 11.6 Å². The Morgan fingerprint density at radius 1 is 1.62 bits per heavy atom. The Hall–Kier alpha value is -1.17. The fourth-order valence-electron chi connectivity index (χ4n) is 1.92. The first-order valence-electron chi connectivity index (χ1n) is 5.29. The average Bonchev–Trinajstić information content (AvgIpc) is 3.06. The molecule has 0 bridgehead atoms. The smallest absolute Gasteiger partial charge is 0.148 e. The third-order valence-electron chi connectivity index (χ3n) is 2.84. The summed E-state index contributed by atoms with van der Waals surface area (Å²) in [6, 6.07) is 6.22. The van der Waals surface area contributed by atoms with Gasteiger partial charge in [0.15, 0.2) is 0 Å². The van der Waals surface area contributed by atoms with E-state index >= 15 is 0 Å². The number of likely N-dealkylation sites (N-methyl/N-ethyl adjacent to an activating group) is 1. The van der Waals surface area contributed by atoms with E-state index in [-0.39, 0.29) is 0 Å². The molecule has 2 nitrogen and oxygen atoms in total. The van der Waals surface area contributed by atoms with Gasteiger partial charge < -0.3 is 10.1 Å². The molecule has 1 aliphatic carbocycles. The first-order chi connectivity index (χ1) is 7.76. The van der Waals surface area contributed by atoms with Crippen molar-refractivity contribution in [2.24, 2.45) is 0 Å². The zero-order chi connectivity index (χ0) is 11.5. The van der Waals surface area contributed by atoms with E-state index in [1.165, 1.54) is 0 Å². The van der Waals surface area contributed by atoms with Gasteiger partial charge in [0, 0.05) is 22.5 Å². The van der Waals surface area contributed by atoms with Gasteiger partial charge in [0.25, 0.3) is 0 Å². The summed E-state index contributed by atoms with van der Waals surface area (Å²) in [5.41, 5.74) is 1.15. The highest BCUT2D eigenvalue weighted by atomic mass is 35.5. The Balaban J connectivity index is 2.20. The molecule has 2 unspecified atom stereocenters. The molecule has 2 rings (SSSR count). The van der Waals surface area contributed by atoms with Crippen LogP contribution < -0.4 is 10.1 Å². The van der Waals surface area contributed by atoms with E-state index in [1.54, 1.807) is 0 Å². The van der Waals surface area contributed by atoms with Crippen LogP contribution >= 0.6 is 11.6 Å². The third-order valence-corrected chi connectivity index (χ3v) is 3.08. The zero-order valence-electron chi connectivity index (χ0n) is 9.16. The molecule has 2 atom stereocenters. The lowest BCUT2D eigenvalue weighted by Gasteiger charge is -2.09. The maximum Gasteiger partial charge on any atom is 0.148 e. The molecule has 1 aromatic carbocycles. The first kappa shape index (κ1) is 11.3. The predicted molar refractivity (Wildman–Crippen MR) is 66.0 cm³/mol. The molecule has 1 fully saturated rings. The monoisotopic (exact) mass is 235 g/mol. The van der Waals surface area contributed by atoms with Gasteiger partial charge in [-0.05, 0) is 31.7 Å². The summed E-state index contributed by atoms with van der Waals surface area (Å²) in [7, 11) is 1.97. The summed E-state index contributed by atoms with van der Waals surface area (Å²) in [5, 5.41) is 3.99. The highest BCUT2D eigenvalue weighted by molar-refractivity contribution is 6.30. The number of hydrogen-bond acceptors (Lipinski definition) is 2. The maximum atomic E-state index is 6.00. The summed E-state index contributed by atoms with van der Waals surface area (Å²) >= 11 is 6.00. The second-order valence-corrected chi connectivity index (χ2v) is 4.35. The van der Waals surface area contributed by atoms with Crippen molar-refractivity contribution in [3.63, 3.8) is 0 Å². The Kier molecular flexibility index (Phi) is 3.38. The SMILES string of the molecule is C#CCOc1ccc(Cl)cc1C1CC1NC. The van der Waals surface area contributed by atoms with E-state index in [0.717, 1.165) is 22.8 Å². The fourth-order valence-corrected chi connectivity index (χ4v) is 2.10. The normalized spacial score (nSPS) is 22.6. The van der Waals surface area contributed by atoms with Crippen molar-refractivity contribution < 1.29 is 4.74 Å². The van der Waals surface area contributed by atoms with Gasteiger partial charge in [0.2, 0.25) is 0 Å². The number of terminal acetylenes is 1. The molecular formula is C13H14ClNO. The number of ether oxygens (including phenoxy) is 1. The fraction of sp³-hybridized carbons (Fsp3) is 0.385. The van der Waals surface area contributed by atoms with Gasteiger partial charge in [-0.25, -0.2) is 0 Å². The molecule has 1 N–H and O–H groups in total. The molecule has 0 aliphatic heterocycles. The van der Waals surface area contributed by atoms with Gasteiger partial charge in [-0.2, -0.15) is 0 Å². The molecule has 1 aromatic rings. The molecule has 0 aromatic heterocycles. The minimum absolute atomic E-state index is 0.297. The Morgan fingerprint density at radius 2 is 2.44 bits per heavy atom. The Bertz CT molecular complexity index is 424. The number of halogens is 1. The van der Waals surface area contributed by atoms with E-state index in [2.05, 4.69) is 11.2 Å².